The predicted octanol–water partition coefficient (Wildman–Crippen LogP) is 2.53. The zero-order valence-corrected chi connectivity index (χ0v) is 9.81. The van der Waals surface area contributed by atoms with Crippen molar-refractivity contribution in [2.75, 3.05) is 6.61 Å². The average Bonchev–Trinajstić information content (AvgIpc) is 2.25. The molecule has 1 rings (SSSR count). The van der Waals surface area contributed by atoms with Crippen LogP contribution in [-0.2, 0) is 4.79 Å². The molecule has 0 aliphatic carbocycles. The molecule has 0 spiro atoms. The van der Waals surface area contributed by atoms with Crippen molar-refractivity contribution in [2.45, 2.75) is 19.3 Å². The third-order valence-electron chi connectivity index (χ3n) is 2.50. The summed E-state index contributed by atoms with van der Waals surface area (Å²) in [5.41, 5.74) is 0.681. The van der Waals surface area contributed by atoms with Gasteiger partial charge in [-0.15, -0.1) is 0 Å². The number of aliphatic hydroxyl groups excluding tert-OH is 1. The van der Waals surface area contributed by atoms with Crippen LogP contribution in [-0.4, -0.2) is 22.8 Å². The lowest BCUT2D eigenvalue weighted by Gasteiger charge is -2.16. The number of benzene rings is 1. The summed E-state index contributed by atoms with van der Waals surface area (Å²) in [6.45, 7) is 1.81. The molecular formula is C12H15ClO3. The Labute approximate surface area is 99.7 Å². The van der Waals surface area contributed by atoms with Crippen LogP contribution < -0.4 is 0 Å². The highest BCUT2D eigenvalue weighted by molar-refractivity contribution is 6.30. The van der Waals surface area contributed by atoms with Crippen LogP contribution in [0.1, 0.15) is 24.8 Å². The maximum atomic E-state index is 11.1. The number of carboxylic acid groups (broad SMARTS) is 1. The second-order valence-corrected chi connectivity index (χ2v) is 4.41. The summed E-state index contributed by atoms with van der Waals surface area (Å²) in [4.78, 5) is 11.1. The van der Waals surface area contributed by atoms with Crippen molar-refractivity contribution in [1.29, 1.82) is 0 Å². The minimum atomic E-state index is -0.887. The Balaban J connectivity index is 2.89. The van der Waals surface area contributed by atoms with Gasteiger partial charge in [-0.2, -0.15) is 0 Å². The molecule has 0 radical (unpaired) electrons. The fraction of sp³-hybridized carbons (Fsp3) is 0.417. The molecule has 0 saturated carbocycles. The summed E-state index contributed by atoms with van der Waals surface area (Å²) in [5.74, 6) is -1.54. The van der Waals surface area contributed by atoms with Crippen LogP contribution in [0.4, 0.5) is 0 Å². The fourth-order valence-electron chi connectivity index (χ4n) is 1.58. The summed E-state index contributed by atoms with van der Waals surface area (Å²) in [7, 11) is 0. The van der Waals surface area contributed by atoms with Crippen LogP contribution >= 0.6 is 11.6 Å². The van der Waals surface area contributed by atoms with Crippen LogP contribution in [0.15, 0.2) is 24.3 Å². The van der Waals surface area contributed by atoms with E-state index >= 15 is 0 Å². The first-order valence-electron chi connectivity index (χ1n) is 5.13. The van der Waals surface area contributed by atoms with Crippen LogP contribution in [0.5, 0.6) is 0 Å². The van der Waals surface area contributed by atoms with Gasteiger partial charge in [-0.25, -0.2) is 0 Å². The van der Waals surface area contributed by atoms with Crippen molar-refractivity contribution in [3.05, 3.63) is 34.9 Å². The molecule has 4 heteroatoms. The molecule has 0 aromatic heterocycles. The Bertz CT molecular complexity index is 365. The number of aliphatic carboxylic acids is 1. The molecule has 88 valence electrons. The van der Waals surface area contributed by atoms with E-state index in [1.54, 1.807) is 24.3 Å². The Kier molecular flexibility index (Phi) is 4.77. The number of hydrogen-bond donors (Lipinski definition) is 2. The third kappa shape index (κ3) is 3.51. The van der Waals surface area contributed by atoms with E-state index in [0.29, 0.717) is 17.0 Å². The van der Waals surface area contributed by atoms with Crippen LogP contribution in [0.3, 0.4) is 0 Å². The highest BCUT2D eigenvalue weighted by Gasteiger charge is 2.22. The van der Waals surface area contributed by atoms with Crippen molar-refractivity contribution >= 4 is 17.6 Å². The molecule has 2 unspecified atom stereocenters. The molecule has 0 bridgehead atoms. The van der Waals surface area contributed by atoms with Crippen LogP contribution in [0.25, 0.3) is 0 Å². The number of carbonyl (C=O) groups is 1. The van der Waals surface area contributed by atoms with E-state index in [2.05, 4.69) is 0 Å². The molecule has 0 aliphatic heterocycles. The van der Waals surface area contributed by atoms with Crippen LogP contribution in [0, 0.1) is 5.92 Å². The lowest BCUT2D eigenvalue weighted by molar-refractivity contribution is -0.139. The molecule has 0 saturated heterocycles. The molecule has 0 heterocycles. The lowest BCUT2D eigenvalue weighted by Crippen LogP contribution is -2.16. The molecule has 1 aromatic carbocycles. The van der Waals surface area contributed by atoms with Crippen LogP contribution in [0.2, 0.25) is 5.02 Å². The average molecular weight is 243 g/mol. The third-order valence-corrected chi connectivity index (χ3v) is 2.73. The predicted molar refractivity (Wildman–Crippen MR) is 62.7 cm³/mol. The van der Waals surface area contributed by atoms with Gasteiger partial charge in [0.1, 0.15) is 0 Å². The molecule has 1 aromatic rings. The molecule has 3 nitrogen and oxygen atoms in total. The van der Waals surface area contributed by atoms with E-state index in [4.69, 9.17) is 21.8 Å². The van der Waals surface area contributed by atoms with Crippen molar-refractivity contribution in [1.82, 2.24) is 0 Å². The zero-order valence-electron chi connectivity index (χ0n) is 9.06. The molecule has 0 fully saturated rings. The van der Waals surface area contributed by atoms with Crippen molar-refractivity contribution in [3.8, 4) is 0 Å². The number of halogens is 1. The Morgan fingerprint density at radius 2 is 2.19 bits per heavy atom. The van der Waals surface area contributed by atoms with Gasteiger partial charge in [-0.05, 0) is 30.0 Å². The van der Waals surface area contributed by atoms with E-state index in [1.807, 2.05) is 6.92 Å². The zero-order chi connectivity index (χ0) is 12.1. The lowest BCUT2D eigenvalue weighted by atomic mass is 9.90. The van der Waals surface area contributed by atoms with E-state index < -0.39 is 11.9 Å². The Morgan fingerprint density at radius 1 is 1.50 bits per heavy atom. The topological polar surface area (TPSA) is 57.5 Å². The largest absolute Gasteiger partial charge is 0.481 e. The van der Waals surface area contributed by atoms with E-state index in [-0.39, 0.29) is 12.5 Å². The molecule has 2 atom stereocenters. The van der Waals surface area contributed by atoms with Gasteiger partial charge in [0.2, 0.25) is 0 Å². The normalized spacial score (nSPS) is 14.4. The summed E-state index contributed by atoms with van der Waals surface area (Å²) in [6, 6.07) is 6.84. The first-order chi connectivity index (χ1) is 7.54. The van der Waals surface area contributed by atoms with Gasteiger partial charge in [-0.3, -0.25) is 4.79 Å². The monoisotopic (exact) mass is 242 g/mol. The number of rotatable bonds is 5. The van der Waals surface area contributed by atoms with Gasteiger partial charge in [0, 0.05) is 11.6 Å². The Hall–Kier alpha value is -1.06. The first-order valence-corrected chi connectivity index (χ1v) is 5.51. The second-order valence-electron chi connectivity index (χ2n) is 3.97. The summed E-state index contributed by atoms with van der Waals surface area (Å²) >= 11 is 5.82. The maximum absolute atomic E-state index is 11.1. The molecule has 16 heavy (non-hydrogen) atoms. The Morgan fingerprint density at radius 3 is 2.69 bits per heavy atom. The molecular weight excluding hydrogens is 228 g/mol. The minimum absolute atomic E-state index is 0.00958. The van der Waals surface area contributed by atoms with Gasteiger partial charge in [0.05, 0.1) is 5.92 Å². The van der Waals surface area contributed by atoms with Gasteiger partial charge >= 0.3 is 5.97 Å². The highest BCUT2D eigenvalue weighted by atomic mass is 35.5. The second kappa shape index (κ2) is 5.87. The molecule has 0 amide bonds. The van der Waals surface area contributed by atoms with E-state index in [1.165, 1.54) is 0 Å². The smallest absolute Gasteiger partial charge is 0.310 e. The van der Waals surface area contributed by atoms with Gasteiger partial charge < -0.3 is 10.2 Å². The quantitative estimate of drug-likeness (QED) is 0.834. The summed E-state index contributed by atoms with van der Waals surface area (Å²) in [6.07, 6.45) is 0.409. The fourth-order valence-corrected chi connectivity index (χ4v) is 1.78. The number of hydrogen-bond acceptors (Lipinski definition) is 2. The van der Waals surface area contributed by atoms with Gasteiger partial charge in [0.25, 0.3) is 0 Å². The summed E-state index contributed by atoms with van der Waals surface area (Å²) in [5, 5.41) is 18.6. The maximum Gasteiger partial charge on any atom is 0.310 e. The number of carboxylic acids is 1. The number of aliphatic hydroxyl groups is 1. The van der Waals surface area contributed by atoms with Crippen molar-refractivity contribution < 1.29 is 15.0 Å². The first kappa shape index (κ1) is 13.0. The molecule has 0 aliphatic rings. The van der Waals surface area contributed by atoms with Crippen molar-refractivity contribution in [2.24, 2.45) is 5.92 Å². The van der Waals surface area contributed by atoms with E-state index in [0.717, 1.165) is 0 Å². The summed E-state index contributed by atoms with van der Waals surface area (Å²) < 4.78 is 0. The van der Waals surface area contributed by atoms with Gasteiger partial charge in [-0.1, -0.05) is 30.7 Å². The minimum Gasteiger partial charge on any atom is -0.481 e. The standard InChI is InChI=1S/C12H15ClO3/c1-8(7-14)5-11(12(15)16)9-3-2-4-10(13)6-9/h2-4,6,8,11,14H,5,7H2,1H3,(H,15,16). The van der Waals surface area contributed by atoms with Gasteiger partial charge in [0.15, 0.2) is 0 Å². The van der Waals surface area contributed by atoms with Crippen molar-refractivity contribution in [3.63, 3.8) is 0 Å². The highest BCUT2D eigenvalue weighted by Crippen LogP contribution is 2.26. The van der Waals surface area contributed by atoms with E-state index in [9.17, 15) is 4.79 Å². The SMILES string of the molecule is CC(CO)CC(C(=O)O)c1cccc(Cl)c1. The molecule has 2 N–H and O–H groups in total.